The molecule has 4 aromatic carbocycles. The molecule has 1 aromatic heterocycles. The van der Waals surface area contributed by atoms with E-state index in [1.165, 1.54) is 0 Å². The molecule has 0 radical (unpaired) electrons. The Balaban J connectivity index is 1.16. The third-order valence-corrected chi connectivity index (χ3v) is 15.3. The summed E-state index contributed by atoms with van der Waals surface area (Å²) in [6.45, 7) is 19.6. The average Bonchev–Trinajstić information content (AvgIpc) is 3.63. The van der Waals surface area contributed by atoms with Crippen molar-refractivity contribution in [2.24, 2.45) is 0 Å². The first kappa shape index (κ1) is 47.5. The van der Waals surface area contributed by atoms with E-state index in [9.17, 15) is 19.2 Å². The number of rotatable bonds is 15. The molecule has 4 aliphatic rings. The molecule has 0 unspecified atom stereocenters. The Bertz CT molecular complexity index is 2590. The van der Waals surface area contributed by atoms with Crippen molar-refractivity contribution in [3.8, 4) is 11.1 Å². The molecule has 68 heavy (non-hydrogen) atoms. The molecule has 5 aromatic rings. The number of benzene rings is 4. The van der Waals surface area contributed by atoms with Crippen LogP contribution in [0.15, 0.2) is 109 Å². The van der Waals surface area contributed by atoms with Crippen LogP contribution in [-0.2, 0) is 32.5 Å². The molecule has 9 rings (SSSR count). The lowest BCUT2D eigenvalue weighted by Crippen LogP contribution is -2.54. The first-order valence-corrected chi connectivity index (χ1v) is 24.2. The Morgan fingerprint density at radius 3 is 1.25 bits per heavy atom. The molecule has 11 heteroatoms. The van der Waals surface area contributed by atoms with Gasteiger partial charge in [-0.3, -0.25) is 38.9 Å². The number of carbonyl (C=O) groups is 4. The summed E-state index contributed by atoms with van der Waals surface area (Å²) >= 11 is 0. The fourth-order valence-electron chi connectivity index (χ4n) is 11.0. The topological polar surface area (TPSA) is 119 Å². The minimum Gasteiger partial charge on any atom is -0.379 e. The van der Waals surface area contributed by atoms with E-state index in [0.717, 1.165) is 33.4 Å². The van der Waals surface area contributed by atoms with Crippen LogP contribution in [0.1, 0.15) is 111 Å². The standard InChI is InChI=1S/C57H64N4O7/c1-54(2,59-22-28-66-29-23-59)51(63)41-13-9-39(10-14-41)36-57(37-40-11-15-42(16-12-40)52(64)55(3,4)60-24-30-67-31-25-60)48-34-43(50(62)45-8-7-21-58-38-45)17-19-46(48)47-20-18-44(35-49(47)57)53(65)56(5,6)61-26-32-68-33-27-61/h7-21,34-35,38H,22-33,36-37H2,1-6H3. The predicted molar refractivity (Wildman–Crippen MR) is 263 cm³/mol. The van der Waals surface area contributed by atoms with E-state index < -0.39 is 22.0 Å². The van der Waals surface area contributed by atoms with Gasteiger partial charge in [-0.2, -0.15) is 0 Å². The van der Waals surface area contributed by atoms with Gasteiger partial charge in [-0.1, -0.05) is 72.8 Å². The average molecular weight is 917 g/mol. The van der Waals surface area contributed by atoms with E-state index in [1.54, 1.807) is 24.5 Å². The summed E-state index contributed by atoms with van der Waals surface area (Å²) < 4.78 is 16.9. The van der Waals surface area contributed by atoms with Crippen LogP contribution in [0.4, 0.5) is 0 Å². The van der Waals surface area contributed by atoms with Crippen LogP contribution in [0.3, 0.4) is 0 Å². The molecule has 0 saturated carbocycles. The third kappa shape index (κ3) is 8.96. The van der Waals surface area contributed by atoms with Crippen molar-refractivity contribution < 1.29 is 33.4 Å². The molecule has 3 fully saturated rings. The highest BCUT2D eigenvalue weighted by molar-refractivity contribution is 6.10. The number of carbonyl (C=O) groups excluding carboxylic acids is 4. The van der Waals surface area contributed by atoms with Crippen LogP contribution in [0.2, 0.25) is 0 Å². The first-order chi connectivity index (χ1) is 32.6. The number of aromatic nitrogens is 1. The molecule has 3 aliphatic heterocycles. The van der Waals surface area contributed by atoms with Gasteiger partial charge in [0.1, 0.15) is 0 Å². The molecule has 0 amide bonds. The zero-order chi connectivity index (χ0) is 47.8. The van der Waals surface area contributed by atoms with Crippen LogP contribution in [0.5, 0.6) is 0 Å². The van der Waals surface area contributed by atoms with Crippen LogP contribution in [-0.4, -0.2) is 138 Å². The number of hydrogen-bond acceptors (Lipinski definition) is 11. The Hall–Kier alpha value is -5.53. The number of fused-ring (bicyclic) bond motifs is 3. The summed E-state index contributed by atoms with van der Waals surface area (Å²) in [4.78, 5) is 68.4. The van der Waals surface area contributed by atoms with Crippen molar-refractivity contribution in [1.82, 2.24) is 19.7 Å². The molecular formula is C57H64N4O7. The highest BCUT2D eigenvalue weighted by Gasteiger charge is 2.46. The van der Waals surface area contributed by atoms with Crippen LogP contribution >= 0.6 is 0 Å². The number of ether oxygens (including phenoxy) is 3. The van der Waals surface area contributed by atoms with Crippen LogP contribution < -0.4 is 0 Å². The zero-order valence-corrected chi connectivity index (χ0v) is 40.4. The molecule has 354 valence electrons. The summed E-state index contributed by atoms with van der Waals surface area (Å²) in [6, 6.07) is 31.6. The molecule has 11 nitrogen and oxygen atoms in total. The van der Waals surface area contributed by atoms with Gasteiger partial charge in [0.25, 0.3) is 0 Å². The second-order valence-electron chi connectivity index (χ2n) is 20.4. The van der Waals surface area contributed by atoms with E-state index in [2.05, 4.69) is 56.1 Å². The third-order valence-electron chi connectivity index (χ3n) is 15.3. The van der Waals surface area contributed by atoms with E-state index in [4.69, 9.17) is 14.2 Å². The second kappa shape index (κ2) is 19.1. The van der Waals surface area contributed by atoms with E-state index in [-0.39, 0.29) is 23.1 Å². The minimum atomic E-state index is -0.799. The summed E-state index contributed by atoms with van der Waals surface area (Å²) in [6.07, 6.45) is 4.24. The summed E-state index contributed by atoms with van der Waals surface area (Å²) in [5, 5.41) is 0. The van der Waals surface area contributed by atoms with Crippen molar-refractivity contribution >= 4 is 23.1 Å². The zero-order valence-electron chi connectivity index (χ0n) is 40.4. The Morgan fingerprint density at radius 1 is 0.485 bits per heavy atom. The van der Waals surface area contributed by atoms with Gasteiger partial charge >= 0.3 is 0 Å². The summed E-state index contributed by atoms with van der Waals surface area (Å²) in [5.74, 6) is -0.0112. The van der Waals surface area contributed by atoms with Gasteiger partial charge in [-0.05, 0) is 112 Å². The lowest BCUT2D eigenvalue weighted by atomic mass is 9.68. The lowest BCUT2D eigenvalue weighted by Gasteiger charge is -2.40. The SMILES string of the molecule is CC(C)(C(=O)c1ccc(CC2(Cc3ccc(C(=O)C(C)(C)N4CCOCC4)cc3)c3cc(C(=O)c4cccnc4)ccc3-c3ccc(C(=O)C(C)(C)N4CCOCC4)cc32)cc1)N1CCOCC1. The van der Waals surface area contributed by atoms with Crippen molar-refractivity contribution in [2.45, 2.75) is 76.4 Å². The number of hydrogen-bond donors (Lipinski definition) is 0. The molecule has 3 saturated heterocycles. The summed E-state index contributed by atoms with van der Waals surface area (Å²) in [7, 11) is 0. The van der Waals surface area contributed by atoms with Gasteiger partial charge in [0.2, 0.25) is 0 Å². The molecular weight excluding hydrogens is 853 g/mol. The smallest absolute Gasteiger partial charge is 0.194 e. The number of morpholine rings is 3. The Labute approximate surface area is 400 Å². The molecule has 1 aliphatic carbocycles. The number of ketones is 4. The monoisotopic (exact) mass is 916 g/mol. The van der Waals surface area contributed by atoms with Gasteiger partial charge in [-0.25, -0.2) is 0 Å². The highest BCUT2D eigenvalue weighted by atomic mass is 16.5. The van der Waals surface area contributed by atoms with Crippen molar-refractivity contribution in [2.75, 3.05) is 78.9 Å². The van der Waals surface area contributed by atoms with Gasteiger partial charge in [0, 0.05) is 84.9 Å². The van der Waals surface area contributed by atoms with Gasteiger partial charge in [0.15, 0.2) is 23.1 Å². The van der Waals surface area contributed by atoms with Crippen LogP contribution in [0.25, 0.3) is 11.1 Å². The maximum Gasteiger partial charge on any atom is 0.194 e. The molecule has 0 bridgehead atoms. The number of Topliss-reactive ketones (excluding diaryl/α,β-unsaturated/α-hetero) is 3. The Kier molecular flexibility index (Phi) is 13.4. The van der Waals surface area contributed by atoms with Gasteiger partial charge in [-0.15, -0.1) is 0 Å². The second-order valence-corrected chi connectivity index (χ2v) is 20.4. The molecule has 0 N–H and O–H groups in total. The van der Waals surface area contributed by atoms with Gasteiger partial charge < -0.3 is 14.2 Å². The number of nitrogens with zero attached hydrogens (tertiary/aromatic N) is 4. The number of pyridine rings is 1. The highest BCUT2D eigenvalue weighted by Crippen LogP contribution is 2.53. The minimum absolute atomic E-state index is 0.0241. The lowest BCUT2D eigenvalue weighted by molar-refractivity contribution is -0.00443. The molecule has 0 spiro atoms. The van der Waals surface area contributed by atoms with E-state index >= 15 is 0 Å². The normalized spacial score (nSPS) is 18.1. The van der Waals surface area contributed by atoms with Crippen LogP contribution in [0, 0.1) is 0 Å². The van der Waals surface area contributed by atoms with E-state index in [0.29, 0.717) is 120 Å². The predicted octanol–water partition coefficient (Wildman–Crippen LogP) is 7.95. The molecule has 0 atom stereocenters. The fraction of sp³-hybridized carbons (Fsp3) is 0.421. The van der Waals surface area contributed by atoms with Crippen molar-refractivity contribution in [1.29, 1.82) is 0 Å². The van der Waals surface area contributed by atoms with E-state index in [1.807, 2.05) is 90.1 Å². The molecule has 4 heterocycles. The summed E-state index contributed by atoms with van der Waals surface area (Å²) in [5.41, 5.74) is 5.85. The maximum atomic E-state index is 14.8. The quantitative estimate of drug-likeness (QED) is 0.0953. The first-order valence-electron chi connectivity index (χ1n) is 24.2. The van der Waals surface area contributed by atoms with Crippen molar-refractivity contribution in [3.05, 3.63) is 160 Å². The Morgan fingerprint density at radius 2 is 0.853 bits per heavy atom. The van der Waals surface area contributed by atoms with Crippen molar-refractivity contribution in [3.63, 3.8) is 0 Å². The van der Waals surface area contributed by atoms with Gasteiger partial charge in [0.05, 0.1) is 56.3 Å². The fourth-order valence-corrected chi connectivity index (χ4v) is 11.0. The maximum absolute atomic E-state index is 14.8. The largest absolute Gasteiger partial charge is 0.379 e.